The molecule has 0 radical (unpaired) electrons. The van der Waals surface area contributed by atoms with Gasteiger partial charge in [0, 0.05) is 25.5 Å². The Morgan fingerprint density at radius 1 is 1.24 bits per heavy atom. The zero-order valence-corrected chi connectivity index (χ0v) is 14.5. The van der Waals surface area contributed by atoms with Crippen molar-refractivity contribution in [3.05, 3.63) is 53.7 Å². The molecule has 2 aromatic heterocycles. The molecule has 1 aromatic carbocycles. The predicted octanol–water partition coefficient (Wildman–Crippen LogP) is 4.07. The van der Waals surface area contributed by atoms with Gasteiger partial charge >= 0.3 is 0 Å². The zero-order valence-electron chi connectivity index (χ0n) is 13.7. The Kier molecular flexibility index (Phi) is 5.81. The molecule has 2 heterocycles. The number of benzene rings is 1. The smallest absolute Gasteiger partial charge is 0.275 e. The topological polar surface area (TPSA) is 73.6 Å². The maximum absolute atomic E-state index is 12.5. The van der Waals surface area contributed by atoms with E-state index in [1.807, 2.05) is 24.3 Å². The molecule has 3 aromatic rings. The fraction of sp³-hybridized carbons (Fsp3) is 0.222. The largest absolute Gasteiger partial charge is 0.491 e. The monoisotopic (exact) mass is 358 g/mol. The van der Waals surface area contributed by atoms with Crippen LogP contribution in [0.5, 0.6) is 5.75 Å². The number of carbonyl (C=O) groups excluding carboxylic acids is 1. The number of methoxy groups -OCH3 is 1. The maximum atomic E-state index is 12.5. The Labute approximate surface area is 149 Å². The first-order valence-corrected chi connectivity index (χ1v) is 8.67. The molecular weight excluding hydrogens is 340 g/mol. The summed E-state index contributed by atoms with van der Waals surface area (Å²) in [6.45, 7) is 1.14. The molecule has 1 N–H and O–H groups in total. The number of anilines is 1. The number of hydrogen-bond donors (Lipinski definition) is 1. The summed E-state index contributed by atoms with van der Waals surface area (Å²) >= 11 is 1.36. The lowest BCUT2D eigenvalue weighted by Gasteiger charge is -2.11. The zero-order chi connectivity index (χ0) is 17.5. The number of nitrogens with one attached hydrogen (secondary N) is 1. The predicted molar refractivity (Wildman–Crippen MR) is 96.2 cm³/mol. The number of amides is 1. The fourth-order valence-electron chi connectivity index (χ4n) is 2.16. The molecule has 3 rings (SSSR count). The first-order chi connectivity index (χ1) is 12.3. The molecule has 0 atom stereocenters. The molecule has 0 fully saturated rings. The van der Waals surface area contributed by atoms with Crippen LogP contribution in [0.25, 0.3) is 10.8 Å². The standard InChI is InChI=1S/C18H18N2O4S/c1-22-9-5-11-23-15-7-3-2-6-13(15)19-17(21)14-12-25-18(20-14)16-8-4-10-24-16/h2-4,6-8,10,12H,5,9,11H2,1H3,(H,19,21). The minimum atomic E-state index is -0.290. The minimum absolute atomic E-state index is 0.290. The van der Waals surface area contributed by atoms with Crippen molar-refractivity contribution >= 4 is 22.9 Å². The van der Waals surface area contributed by atoms with Gasteiger partial charge < -0.3 is 19.2 Å². The Hall–Kier alpha value is -2.64. The molecular formula is C18H18N2O4S. The number of carbonyl (C=O) groups is 1. The van der Waals surface area contributed by atoms with Gasteiger partial charge in [-0.15, -0.1) is 11.3 Å². The second kappa shape index (κ2) is 8.46. The number of ether oxygens (including phenoxy) is 2. The van der Waals surface area contributed by atoms with Gasteiger partial charge in [0.2, 0.25) is 0 Å². The van der Waals surface area contributed by atoms with Gasteiger partial charge in [-0.3, -0.25) is 4.79 Å². The highest BCUT2D eigenvalue weighted by atomic mass is 32.1. The number of thiazole rings is 1. The van der Waals surface area contributed by atoms with Gasteiger partial charge in [0.05, 0.1) is 18.6 Å². The number of hydrogen-bond acceptors (Lipinski definition) is 6. The van der Waals surface area contributed by atoms with E-state index in [1.165, 1.54) is 11.3 Å². The molecule has 0 aliphatic heterocycles. The molecule has 0 saturated heterocycles. The third kappa shape index (κ3) is 4.46. The third-order valence-corrected chi connectivity index (χ3v) is 4.21. The SMILES string of the molecule is COCCCOc1ccccc1NC(=O)c1csc(-c2ccco2)n1. The molecule has 7 heteroatoms. The average molecular weight is 358 g/mol. The Bertz CT molecular complexity index is 814. The number of para-hydroxylation sites is 2. The lowest BCUT2D eigenvalue weighted by molar-refractivity contribution is 0.102. The molecule has 0 aliphatic rings. The van der Waals surface area contributed by atoms with E-state index in [-0.39, 0.29) is 5.91 Å². The Balaban J connectivity index is 1.67. The van der Waals surface area contributed by atoms with Crippen LogP contribution in [0, 0.1) is 0 Å². The summed E-state index contributed by atoms with van der Waals surface area (Å²) in [5.41, 5.74) is 0.947. The van der Waals surface area contributed by atoms with Crippen molar-refractivity contribution in [1.29, 1.82) is 0 Å². The van der Waals surface area contributed by atoms with E-state index in [9.17, 15) is 4.79 Å². The Morgan fingerprint density at radius 2 is 2.12 bits per heavy atom. The number of nitrogens with zero attached hydrogens (tertiary/aromatic N) is 1. The maximum Gasteiger partial charge on any atom is 0.275 e. The van der Waals surface area contributed by atoms with E-state index in [0.717, 1.165) is 6.42 Å². The van der Waals surface area contributed by atoms with E-state index in [4.69, 9.17) is 13.9 Å². The van der Waals surface area contributed by atoms with Crippen molar-refractivity contribution in [2.45, 2.75) is 6.42 Å². The summed E-state index contributed by atoms with van der Waals surface area (Å²) in [5, 5.41) is 5.21. The van der Waals surface area contributed by atoms with Crippen molar-refractivity contribution in [2.75, 3.05) is 25.6 Å². The molecule has 0 aliphatic carbocycles. The molecule has 0 saturated carbocycles. The second-order valence-corrected chi connectivity index (χ2v) is 6.02. The van der Waals surface area contributed by atoms with Crippen molar-refractivity contribution in [2.24, 2.45) is 0 Å². The fourth-order valence-corrected chi connectivity index (χ4v) is 2.93. The number of rotatable bonds is 8. The van der Waals surface area contributed by atoms with Crippen molar-refractivity contribution in [1.82, 2.24) is 4.98 Å². The second-order valence-electron chi connectivity index (χ2n) is 5.16. The van der Waals surface area contributed by atoms with Crippen LogP contribution in [0.2, 0.25) is 0 Å². The van der Waals surface area contributed by atoms with E-state index in [2.05, 4.69) is 10.3 Å². The van der Waals surface area contributed by atoms with Gasteiger partial charge in [-0.1, -0.05) is 12.1 Å². The van der Waals surface area contributed by atoms with Crippen molar-refractivity contribution in [3.63, 3.8) is 0 Å². The van der Waals surface area contributed by atoms with Crippen LogP contribution < -0.4 is 10.1 Å². The van der Waals surface area contributed by atoms with Crippen LogP contribution in [-0.2, 0) is 4.74 Å². The molecule has 0 spiro atoms. The summed E-state index contributed by atoms with van der Waals surface area (Å²) in [7, 11) is 1.65. The first kappa shape index (κ1) is 17.2. The van der Waals surface area contributed by atoms with E-state index in [0.29, 0.717) is 41.1 Å². The van der Waals surface area contributed by atoms with Crippen LogP contribution in [0.3, 0.4) is 0 Å². The van der Waals surface area contributed by atoms with Gasteiger partial charge in [-0.05, 0) is 24.3 Å². The highest BCUT2D eigenvalue weighted by Gasteiger charge is 2.15. The lowest BCUT2D eigenvalue weighted by Crippen LogP contribution is -2.13. The summed E-state index contributed by atoms with van der Waals surface area (Å²) in [5.74, 6) is 0.973. The van der Waals surface area contributed by atoms with Gasteiger partial charge in [-0.2, -0.15) is 0 Å². The van der Waals surface area contributed by atoms with E-state index in [1.54, 1.807) is 30.9 Å². The highest BCUT2D eigenvalue weighted by molar-refractivity contribution is 7.13. The normalized spacial score (nSPS) is 10.6. The van der Waals surface area contributed by atoms with Crippen LogP contribution in [0.4, 0.5) is 5.69 Å². The van der Waals surface area contributed by atoms with Crippen LogP contribution >= 0.6 is 11.3 Å². The van der Waals surface area contributed by atoms with Crippen molar-refractivity contribution in [3.8, 4) is 16.5 Å². The lowest BCUT2D eigenvalue weighted by atomic mass is 10.3. The van der Waals surface area contributed by atoms with Crippen LogP contribution in [0.15, 0.2) is 52.5 Å². The molecule has 6 nitrogen and oxygen atoms in total. The first-order valence-electron chi connectivity index (χ1n) is 7.79. The van der Waals surface area contributed by atoms with Crippen LogP contribution in [0.1, 0.15) is 16.9 Å². The summed E-state index contributed by atoms with van der Waals surface area (Å²) in [6.07, 6.45) is 2.35. The summed E-state index contributed by atoms with van der Waals surface area (Å²) < 4.78 is 16.0. The number of furan rings is 1. The average Bonchev–Trinajstić information content (AvgIpc) is 3.31. The Morgan fingerprint density at radius 3 is 2.92 bits per heavy atom. The molecule has 1 amide bonds. The number of aromatic nitrogens is 1. The van der Waals surface area contributed by atoms with Crippen LogP contribution in [-0.4, -0.2) is 31.2 Å². The van der Waals surface area contributed by atoms with Gasteiger partial charge in [-0.25, -0.2) is 4.98 Å². The van der Waals surface area contributed by atoms with Gasteiger partial charge in [0.15, 0.2) is 10.8 Å². The summed E-state index contributed by atoms with van der Waals surface area (Å²) in [6, 6.07) is 10.9. The molecule has 25 heavy (non-hydrogen) atoms. The van der Waals surface area contributed by atoms with Gasteiger partial charge in [0.1, 0.15) is 11.4 Å². The van der Waals surface area contributed by atoms with E-state index < -0.39 is 0 Å². The quantitative estimate of drug-likeness (QED) is 0.615. The van der Waals surface area contributed by atoms with E-state index >= 15 is 0 Å². The molecule has 0 bridgehead atoms. The third-order valence-electron chi connectivity index (χ3n) is 3.35. The minimum Gasteiger partial charge on any atom is -0.491 e. The molecule has 130 valence electrons. The van der Waals surface area contributed by atoms with Crippen molar-refractivity contribution < 1.29 is 18.7 Å². The highest BCUT2D eigenvalue weighted by Crippen LogP contribution is 2.27. The van der Waals surface area contributed by atoms with Gasteiger partial charge in [0.25, 0.3) is 5.91 Å². The summed E-state index contributed by atoms with van der Waals surface area (Å²) in [4.78, 5) is 16.8. The molecule has 0 unspecified atom stereocenters.